The van der Waals surface area contributed by atoms with Crippen LogP contribution in [0.3, 0.4) is 0 Å². The van der Waals surface area contributed by atoms with Crippen LogP contribution in [0.2, 0.25) is 0 Å². The first-order valence-electron chi connectivity index (χ1n) is 10.6. The van der Waals surface area contributed by atoms with Crippen LogP contribution in [-0.4, -0.2) is 49.8 Å². The Balaban J connectivity index is 1.51. The van der Waals surface area contributed by atoms with Crippen molar-refractivity contribution in [2.75, 3.05) is 25.5 Å². The van der Waals surface area contributed by atoms with Crippen LogP contribution in [0.4, 0.5) is 5.82 Å². The van der Waals surface area contributed by atoms with Crippen molar-refractivity contribution < 1.29 is 0 Å². The third-order valence-electron chi connectivity index (χ3n) is 5.39. The van der Waals surface area contributed by atoms with Crippen molar-refractivity contribution in [2.45, 2.75) is 32.0 Å². The second kappa shape index (κ2) is 8.70. The Kier molecular flexibility index (Phi) is 5.63. The summed E-state index contributed by atoms with van der Waals surface area (Å²) in [6.07, 6.45) is 6.00. The van der Waals surface area contributed by atoms with Crippen molar-refractivity contribution in [1.29, 1.82) is 0 Å². The molecular formula is C22H26N8S. The number of aromatic nitrogens is 5. The van der Waals surface area contributed by atoms with Crippen molar-refractivity contribution in [2.24, 2.45) is 5.73 Å². The molecule has 0 spiro atoms. The van der Waals surface area contributed by atoms with Crippen LogP contribution in [0.25, 0.3) is 22.4 Å². The van der Waals surface area contributed by atoms with Gasteiger partial charge in [0.15, 0.2) is 11.5 Å². The number of hydrogen-bond donors (Lipinski definition) is 2. The number of nitrogens with zero attached hydrogens (tertiary/aromatic N) is 6. The maximum Gasteiger partial charge on any atom is 0.164 e. The molecule has 160 valence electrons. The summed E-state index contributed by atoms with van der Waals surface area (Å²) in [5.41, 5.74) is 8.79. The lowest BCUT2D eigenvalue weighted by molar-refractivity contribution is 0.336. The average Bonchev–Trinajstić information content (AvgIpc) is 3.30. The smallest absolute Gasteiger partial charge is 0.164 e. The minimum absolute atomic E-state index is 0.448. The van der Waals surface area contributed by atoms with E-state index < -0.39 is 0 Å². The van der Waals surface area contributed by atoms with Gasteiger partial charge in [-0.25, -0.2) is 19.6 Å². The van der Waals surface area contributed by atoms with Crippen LogP contribution >= 0.6 is 11.3 Å². The molecule has 0 aliphatic heterocycles. The van der Waals surface area contributed by atoms with Gasteiger partial charge in [0, 0.05) is 36.8 Å². The quantitative estimate of drug-likeness (QED) is 0.417. The molecule has 1 aliphatic carbocycles. The van der Waals surface area contributed by atoms with E-state index in [9.17, 15) is 0 Å². The second-order valence-electron chi connectivity index (χ2n) is 7.96. The Bertz CT molecular complexity index is 1170. The summed E-state index contributed by atoms with van der Waals surface area (Å²) in [5.74, 6) is 1.51. The fraction of sp³-hybridized carbons (Fsp3) is 0.364. The molecule has 1 saturated carbocycles. The van der Waals surface area contributed by atoms with E-state index in [1.165, 1.54) is 5.56 Å². The van der Waals surface area contributed by atoms with Gasteiger partial charge < -0.3 is 16.0 Å². The summed E-state index contributed by atoms with van der Waals surface area (Å²) < 4.78 is 2.05. The number of rotatable bonds is 9. The molecule has 0 amide bonds. The van der Waals surface area contributed by atoms with E-state index in [1.54, 1.807) is 11.3 Å². The molecule has 1 fully saturated rings. The SMILES string of the molecule is CN(CCN)Cc1cccc(-c2nc(NCc3nccs3)c3cnn(C4CC4)c3n2)c1. The molecule has 4 aromatic rings. The summed E-state index contributed by atoms with van der Waals surface area (Å²) in [7, 11) is 2.08. The normalized spacial score (nSPS) is 13.9. The van der Waals surface area contributed by atoms with Gasteiger partial charge in [-0.2, -0.15) is 5.10 Å². The topological polar surface area (TPSA) is 97.8 Å². The first kappa shape index (κ1) is 20.0. The molecule has 0 radical (unpaired) electrons. The highest BCUT2D eigenvalue weighted by Crippen LogP contribution is 2.37. The van der Waals surface area contributed by atoms with Crippen LogP contribution in [0.15, 0.2) is 42.0 Å². The van der Waals surface area contributed by atoms with Gasteiger partial charge in [-0.05, 0) is 31.5 Å². The van der Waals surface area contributed by atoms with Crippen LogP contribution < -0.4 is 11.1 Å². The Morgan fingerprint density at radius 1 is 1.29 bits per heavy atom. The predicted molar refractivity (Wildman–Crippen MR) is 124 cm³/mol. The molecular weight excluding hydrogens is 408 g/mol. The van der Waals surface area contributed by atoms with Gasteiger partial charge in [-0.3, -0.25) is 0 Å². The highest BCUT2D eigenvalue weighted by atomic mass is 32.1. The average molecular weight is 435 g/mol. The number of nitrogens with one attached hydrogen (secondary N) is 1. The summed E-state index contributed by atoms with van der Waals surface area (Å²) in [4.78, 5) is 16.4. The van der Waals surface area contributed by atoms with Gasteiger partial charge in [0.2, 0.25) is 0 Å². The number of benzene rings is 1. The van der Waals surface area contributed by atoms with Crippen molar-refractivity contribution in [3.63, 3.8) is 0 Å². The van der Waals surface area contributed by atoms with Gasteiger partial charge >= 0.3 is 0 Å². The van der Waals surface area contributed by atoms with E-state index in [0.29, 0.717) is 25.0 Å². The Hall–Kier alpha value is -2.88. The first-order chi connectivity index (χ1) is 15.2. The predicted octanol–water partition coefficient (Wildman–Crippen LogP) is 3.29. The lowest BCUT2D eigenvalue weighted by Gasteiger charge is -2.16. The standard InChI is InChI=1S/C22H26N8S/c1-29(9-7-23)14-15-3-2-4-16(11-15)20-27-21(25-13-19-24-8-10-31-19)18-12-26-30(17-5-6-17)22(18)28-20/h2-4,8,10-12,17H,5-7,9,13-14,23H2,1H3,(H,25,27,28). The number of fused-ring (bicyclic) bond motifs is 1. The van der Waals surface area contributed by atoms with Gasteiger partial charge in [0.05, 0.1) is 24.2 Å². The number of thiazole rings is 1. The summed E-state index contributed by atoms with van der Waals surface area (Å²) >= 11 is 1.63. The number of likely N-dealkylation sites (N-methyl/N-ethyl adjacent to an activating group) is 1. The zero-order chi connectivity index (χ0) is 21.2. The minimum atomic E-state index is 0.448. The third-order valence-corrected chi connectivity index (χ3v) is 6.17. The minimum Gasteiger partial charge on any atom is -0.363 e. The van der Waals surface area contributed by atoms with E-state index in [2.05, 4.69) is 51.6 Å². The van der Waals surface area contributed by atoms with Crippen molar-refractivity contribution in [1.82, 2.24) is 29.6 Å². The number of anilines is 1. The van der Waals surface area contributed by atoms with Crippen molar-refractivity contribution >= 4 is 28.2 Å². The highest BCUT2D eigenvalue weighted by molar-refractivity contribution is 7.09. The maximum absolute atomic E-state index is 5.69. The molecule has 3 N–H and O–H groups in total. The maximum atomic E-state index is 5.69. The van der Waals surface area contributed by atoms with Crippen LogP contribution in [0, 0.1) is 0 Å². The Labute approximate surface area is 185 Å². The van der Waals surface area contributed by atoms with E-state index in [-0.39, 0.29) is 0 Å². The summed E-state index contributed by atoms with van der Waals surface area (Å²) in [6, 6.07) is 8.87. The number of nitrogens with two attached hydrogens (primary N) is 1. The molecule has 0 bridgehead atoms. The van der Waals surface area contributed by atoms with Crippen LogP contribution in [0.1, 0.15) is 29.5 Å². The fourth-order valence-electron chi connectivity index (χ4n) is 3.70. The lowest BCUT2D eigenvalue weighted by Crippen LogP contribution is -2.24. The Morgan fingerprint density at radius 2 is 2.19 bits per heavy atom. The third kappa shape index (κ3) is 4.43. The van der Waals surface area contributed by atoms with E-state index in [0.717, 1.165) is 53.4 Å². The van der Waals surface area contributed by atoms with Gasteiger partial charge in [0.1, 0.15) is 10.8 Å². The van der Waals surface area contributed by atoms with Crippen LogP contribution in [-0.2, 0) is 13.1 Å². The zero-order valence-electron chi connectivity index (χ0n) is 17.5. The molecule has 0 atom stereocenters. The molecule has 0 saturated heterocycles. The van der Waals surface area contributed by atoms with Crippen molar-refractivity contribution in [3.05, 3.63) is 52.6 Å². The monoisotopic (exact) mass is 434 g/mol. The summed E-state index contributed by atoms with van der Waals surface area (Å²) in [5, 5.41) is 12.0. The van der Waals surface area contributed by atoms with E-state index >= 15 is 0 Å². The molecule has 1 aromatic carbocycles. The molecule has 0 unspecified atom stereocenters. The molecule has 3 heterocycles. The molecule has 5 rings (SSSR count). The molecule has 3 aromatic heterocycles. The van der Waals surface area contributed by atoms with E-state index in [1.807, 2.05) is 22.5 Å². The molecule has 1 aliphatic rings. The number of hydrogen-bond acceptors (Lipinski definition) is 8. The molecule has 31 heavy (non-hydrogen) atoms. The van der Waals surface area contributed by atoms with Crippen LogP contribution in [0.5, 0.6) is 0 Å². The highest BCUT2D eigenvalue weighted by Gasteiger charge is 2.27. The van der Waals surface area contributed by atoms with Gasteiger partial charge in [-0.15, -0.1) is 11.3 Å². The Morgan fingerprint density at radius 3 is 2.97 bits per heavy atom. The zero-order valence-corrected chi connectivity index (χ0v) is 18.3. The van der Waals surface area contributed by atoms with Gasteiger partial charge in [-0.1, -0.05) is 18.2 Å². The fourth-order valence-corrected chi connectivity index (χ4v) is 4.25. The largest absolute Gasteiger partial charge is 0.363 e. The van der Waals surface area contributed by atoms with Gasteiger partial charge in [0.25, 0.3) is 0 Å². The van der Waals surface area contributed by atoms with Crippen molar-refractivity contribution in [3.8, 4) is 11.4 Å². The first-order valence-corrected chi connectivity index (χ1v) is 11.4. The second-order valence-corrected chi connectivity index (χ2v) is 8.94. The lowest BCUT2D eigenvalue weighted by atomic mass is 10.1. The molecule has 9 heteroatoms. The van der Waals surface area contributed by atoms with E-state index in [4.69, 9.17) is 15.7 Å². The summed E-state index contributed by atoms with van der Waals surface area (Å²) in [6.45, 7) is 2.97. The molecule has 8 nitrogen and oxygen atoms in total.